The summed E-state index contributed by atoms with van der Waals surface area (Å²) in [4.78, 5) is 27.9. The van der Waals surface area contributed by atoms with Gasteiger partial charge in [0.25, 0.3) is 11.7 Å². The summed E-state index contributed by atoms with van der Waals surface area (Å²) in [6.45, 7) is 7.88. The van der Waals surface area contributed by atoms with Crippen molar-refractivity contribution in [2.24, 2.45) is 0 Å². The zero-order valence-corrected chi connectivity index (χ0v) is 20.1. The van der Waals surface area contributed by atoms with Gasteiger partial charge in [0.05, 0.1) is 12.7 Å². The predicted octanol–water partition coefficient (Wildman–Crippen LogP) is 5.91. The molecule has 6 heteroatoms. The van der Waals surface area contributed by atoms with Gasteiger partial charge in [0, 0.05) is 11.3 Å². The Labute approximate surface area is 199 Å². The Balaban J connectivity index is 1.91. The average molecular weight is 460 g/mol. The summed E-state index contributed by atoms with van der Waals surface area (Å²) in [5.74, 6) is 0.186. The van der Waals surface area contributed by atoms with E-state index in [0.717, 1.165) is 17.5 Å². The van der Waals surface area contributed by atoms with E-state index in [2.05, 4.69) is 0 Å². The van der Waals surface area contributed by atoms with Crippen molar-refractivity contribution in [3.05, 3.63) is 88.4 Å². The van der Waals surface area contributed by atoms with Crippen LogP contribution in [0.25, 0.3) is 5.76 Å². The topological polar surface area (TPSA) is 80.0 Å². The minimum absolute atomic E-state index is 0.00112. The van der Waals surface area contributed by atoms with Crippen LogP contribution in [-0.2, 0) is 16.0 Å². The van der Waals surface area contributed by atoms with E-state index >= 15 is 0 Å². The number of carbonyl (C=O) groups excluding carboxylic acids is 2. The van der Waals surface area contributed by atoms with Crippen LogP contribution in [0.1, 0.15) is 60.9 Å². The molecule has 1 unspecified atom stereocenters. The normalized spacial score (nSPS) is 17.6. The summed E-state index contributed by atoms with van der Waals surface area (Å²) >= 11 is 0. The summed E-state index contributed by atoms with van der Waals surface area (Å²) in [5, 5.41) is 11.4. The summed E-state index contributed by atoms with van der Waals surface area (Å²) < 4.78 is 11.3. The van der Waals surface area contributed by atoms with Crippen molar-refractivity contribution in [2.45, 2.75) is 46.1 Å². The molecule has 0 saturated carbocycles. The first-order valence-electron chi connectivity index (χ1n) is 11.4. The number of aliphatic hydroxyl groups excluding tert-OH is 1. The van der Waals surface area contributed by atoms with Crippen LogP contribution < -0.4 is 9.64 Å². The van der Waals surface area contributed by atoms with E-state index < -0.39 is 17.7 Å². The minimum Gasteiger partial charge on any atom is -0.507 e. The van der Waals surface area contributed by atoms with Crippen LogP contribution in [0.4, 0.5) is 5.69 Å². The quantitative estimate of drug-likeness (QED) is 0.282. The van der Waals surface area contributed by atoms with Gasteiger partial charge in [0.1, 0.15) is 29.1 Å². The number of carbonyl (C=O) groups is 2. The predicted molar refractivity (Wildman–Crippen MR) is 131 cm³/mol. The number of benzene rings is 2. The largest absolute Gasteiger partial charge is 0.507 e. The molecule has 3 aromatic rings. The van der Waals surface area contributed by atoms with Gasteiger partial charge < -0.3 is 14.3 Å². The van der Waals surface area contributed by atoms with E-state index in [1.165, 1.54) is 4.90 Å². The maximum Gasteiger partial charge on any atom is 0.300 e. The SMILES string of the molecule is CCc1ccc(N2C(=O)C(=O)/C(=C(\O)c3ccc(OC)c(C(C)C)c3)C2c2ccc(C)o2)cc1. The molecule has 34 heavy (non-hydrogen) atoms. The van der Waals surface area contributed by atoms with Gasteiger partial charge in [0.2, 0.25) is 0 Å². The number of furan rings is 1. The lowest BCUT2D eigenvalue weighted by Crippen LogP contribution is -2.29. The van der Waals surface area contributed by atoms with Crippen LogP contribution >= 0.6 is 0 Å². The fourth-order valence-electron chi connectivity index (χ4n) is 4.35. The van der Waals surface area contributed by atoms with Crippen LogP contribution in [0.3, 0.4) is 0 Å². The van der Waals surface area contributed by atoms with Gasteiger partial charge in [-0.1, -0.05) is 32.9 Å². The van der Waals surface area contributed by atoms with Gasteiger partial charge in [-0.3, -0.25) is 14.5 Å². The number of nitrogens with zero attached hydrogens (tertiary/aromatic N) is 1. The molecule has 176 valence electrons. The summed E-state index contributed by atoms with van der Waals surface area (Å²) in [7, 11) is 1.59. The highest BCUT2D eigenvalue weighted by Crippen LogP contribution is 2.43. The molecule has 2 aromatic carbocycles. The summed E-state index contributed by atoms with van der Waals surface area (Å²) in [6, 6.07) is 15.4. The first-order valence-corrected chi connectivity index (χ1v) is 11.4. The Hall–Kier alpha value is -3.80. The van der Waals surface area contributed by atoms with Crippen LogP contribution in [0.2, 0.25) is 0 Å². The Bertz CT molecular complexity index is 1270. The second-order valence-electron chi connectivity index (χ2n) is 8.75. The zero-order chi connectivity index (χ0) is 24.6. The monoisotopic (exact) mass is 459 g/mol. The van der Waals surface area contributed by atoms with E-state index in [4.69, 9.17) is 9.15 Å². The third-order valence-corrected chi connectivity index (χ3v) is 6.22. The number of amides is 1. The number of anilines is 1. The van der Waals surface area contributed by atoms with Crippen molar-refractivity contribution >= 4 is 23.1 Å². The third-order valence-electron chi connectivity index (χ3n) is 6.22. The molecular weight excluding hydrogens is 430 g/mol. The van der Waals surface area contributed by atoms with Crippen molar-refractivity contribution in [3.63, 3.8) is 0 Å². The van der Waals surface area contributed by atoms with Crippen LogP contribution in [0.15, 0.2) is 64.6 Å². The lowest BCUT2D eigenvalue weighted by atomic mass is 9.95. The van der Waals surface area contributed by atoms with Gasteiger partial charge in [-0.15, -0.1) is 0 Å². The molecule has 1 aliphatic rings. The molecular formula is C28H29NO5. The lowest BCUT2D eigenvalue weighted by molar-refractivity contribution is -0.132. The number of hydrogen-bond acceptors (Lipinski definition) is 5. The fraction of sp³-hybridized carbons (Fsp3) is 0.286. The molecule has 1 amide bonds. The van der Waals surface area contributed by atoms with E-state index in [1.54, 1.807) is 44.4 Å². The highest BCUT2D eigenvalue weighted by Gasteiger charge is 2.48. The average Bonchev–Trinajstić information content (AvgIpc) is 3.38. The molecule has 1 aromatic heterocycles. The van der Waals surface area contributed by atoms with Gasteiger partial charge >= 0.3 is 0 Å². The maximum atomic E-state index is 13.3. The Morgan fingerprint density at radius 2 is 1.79 bits per heavy atom. The van der Waals surface area contributed by atoms with Crippen LogP contribution in [-0.4, -0.2) is 23.9 Å². The number of ether oxygens (including phenoxy) is 1. The highest BCUT2D eigenvalue weighted by molar-refractivity contribution is 6.51. The van der Waals surface area contributed by atoms with E-state index in [0.29, 0.717) is 28.5 Å². The van der Waals surface area contributed by atoms with Gasteiger partial charge in [-0.2, -0.15) is 0 Å². The van der Waals surface area contributed by atoms with E-state index in [-0.39, 0.29) is 17.3 Å². The van der Waals surface area contributed by atoms with Gasteiger partial charge in [0.15, 0.2) is 0 Å². The number of hydrogen-bond donors (Lipinski definition) is 1. The summed E-state index contributed by atoms with van der Waals surface area (Å²) in [5.41, 5.74) is 3.01. The number of aryl methyl sites for hydroxylation is 2. The molecule has 0 spiro atoms. The molecule has 1 fully saturated rings. The summed E-state index contributed by atoms with van der Waals surface area (Å²) in [6.07, 6.45) is 0.857. The molecule has 2 heterocycles. The minimum atomic E-state index is -0.884. The van der Waals surface area contributed by atoms with E-state index in [1.807, 2.05) is 45.0 Å². The fourth-order valence-corrected chi connectivity index (χ4v) is 4.35. The number of rotatable bonds is 6. The van der Waals surface area contributed by atoms with Crippen molar-refractivity contribution in [3.8, 4) is 5.75 Å². The van der Waals surface area contributed by atoms with Crippen LogP contribution in [0, 0.1) is 6.92 Å². The van der Waals surface area contributed by atoms with Crippen molar-refractivity contribution in [2.75, 3.05) is 12.0 Å². The van der Waals surface area contributed by atoms with Crippen molar-refractivity contribution in [1.29, 1.82) is 0 Å². The first-order chi connectivity index (χ1) is 16.3. The highest BCUT2D eigenvalue weighted by atomic mass is 16.5. The van der Waals surface area contributed by atoms with Gasteiger partial charge in [-0.25, -0.2) is 0 Å². The smallest absolute Gasteiger partial charge is 0.300 e. The second-order valence-corrected chi connectivity index (χ2v) is 8.75. The number of methoxy groups -OCH3 is 1. The number of aliphatic hydroxyl groups is 1. The Kier molecular flexibility index (Phi) is 6.33. The molecule has 4 rings (SSSR count). The van der Waals surface area contributed by atoms with Crippen molar-refractivity contribution < 1.29 is 23.8 Å². The maximum absolute atomic E-state index is 13.3. The molecule has 0 aliphatic carbocycles. The molecule has 1 aliphatic heterocycles. The molecule has 6 nitrogen and oxygen atoms in total. The molecule has 1 atom stereocenters. The van der Waals surface area contributed by atoms with Gasteiger partial charge in [-0.05, 0) is 72.9 Å². The Morgan fingerprint density at radius 3 is 2.35 bits per heavy atom. The molecule has 0 bridgehead atoms. The number of ketones is 1. The first kappa shape index (κ1) is 23.4. The molecule has 1 saturated heterocycles. The van der Waals surface area contributed by atoms with Crippen LogP contribution in [0.5, 0.6) is 5.75 Å². The second kappa shape index (κ2) is 9.21. The Morgan fingerprint density at radius 1 is 1.09 bits per heavy atom. The van der Waals surface area contributed by atoms with E-state index in [9.17, 15) is 14.7 Å². The molecule has 1 N–H and O–H groups in total. The van der Waals surface area contributed by atoms with Crippen molar-refractivity contribution in [1.82, 2.24) is 0 Å². The lowest BCUT2D eigenvalue weighted by Gasteiger charge is -2.23. The molecule has 0 radical (unpaired) electrons. The third kappa shape index (κ3) is 4.00. The standard InChI is InChI=1S/C28H29NO5/c1-6-18-8-11-20(12-9-18)29-25(23-13-7-17(4)34-23)24(27(31)28(29)32)26(30)19-10-14-22(33-5)21(15-19)16(2)3/h7-16,25,30H,6H2,1-5H3/b26-24-. The number of Topliss-reactive ketones (excluding diaryl/α,β-unsaturated/α-hetero) is 1. The zero-order valence-electron chi connectivity index (χ0n) is 20.1.